The highest BCUT2D eigenvalue weighted by molar-refractivity contribution is 7.99. The second-order valence-electron chi connectivity index (χ2n) is 7.70. The Morgan fingerprint density at radius 2 is 2.00 bits per heavy atom. The molecule has 0 saturated carbocycles. The Kier molecular flexibility index (Phi) is 9.04. The molecule has 9 heteroatoms. The largest absolute Gasteiger partial charge is 0.493 e. The first-order chi connectivity index (χ1) is 16.3. The summed E-state index contributed by atoms with van der Waals surface area (Å²) in [5.74, 6) is 0.262. The van der Waals surface area contributed by atoms with Crippen LogP contribution >= 0.6 is 11.8 Å². The van der Waals surface area contributed by atoms with E-state index in [2.05, 4.69) is 5.32 Å². The number of carbonyl (C=O) groups excluding carboxylic acids is 2. The lowest BCUT2D eigenvalue weighted by Crippen LogP contribution is -2.29. The van der Waals surface area contributed by atoms with Crippen molar-refractivity contribution in [2.75, 3.05) is 26.2 Å². The first-order valence-corrected chi connectivity index (χ1v) is 11.9. The van der Waals surface area contributed by atoms with Gasteiger partial charge in [0.2, 0.25) is 11.8 Å². The maximum Gasteiger partial charge on any atom is 0.417 e. The molecule has 0 radical (unpaired) electrons. The van der Waals surface area contributed by atoms with E-state index in [4.69, 9.17) is 4.74 Å². The number of halogens is 3. The third-order valence-electron chi connectivity index (χ3n) is 5.18. The molecule has 0 unspecified atom stereocenters. The second-order valence-corrected chi connectivity index (χ2v) is 8.78. The van der Waals surface area contributed by atoms with Crippen molar-refractivity contribution in [3.05, 3.63) is 59.7 Å². The van der Waals surface area contributed by atoms with Crippen molar-refractivity contribution in [1.82, 2.24) is 10.2 Å². The zero-order chi connectivity index (χ0) is 24.6. The smallest absolute Gasteiger partial charge is 0.417 e. The zero-order valence-electron chi connectivity index (χ0n) is 18.9. The van der Waals surface area contributed by atoms with Gasteiger partial charge in [0.15, 0.2) is 0 Å². The quantitative estimate of drug-likeness (QED) is 0.357. The van der Waals surface area contributed by atoms with Gasteiger partial charge >= 0.3 is 6.18 Å². The third-order valence-corrected chi connectivity index (χ3v) is 6.31. The van der Waals surface area contributed by atoms with Crippen molar-refractivity contribution in [2.45, 2.75) is 42.2 Å². The molecule has 0 atom stereocenters. The van der Waals surface area contributed by atoms with Gasteiger partial charge in [0.25, 0.3) is 0 Å². The Balaban J connectivity index is 1.63. The molecule has 1 aliphatic rings. The van der Waals surface area contributed by atoms with Crippen LogP contribution in [-0.2, 0) is 15.8 Å². The van der Waals surface area contributed by atoms with E-state index in [1.54, 1.807) is 35.2 Å². The molecule has 0 spiro atoms. The number of hydrogen-bond donors (Lipinski definition) is 1. The summed E-state index contributed by atoms with van der Waals surface area (Å²) in [7, 11) is 0. The second kappa shape index (κ2) is 12.0. The van der Waals surface area contributed by atoms with E-state index in [1.807, 2.05) is 6.92 Å². The van der Waals surface area contributed by atoms with Crippen molar-refractivity contribution in [3.63, 3.8) is 0 Å². The molecule has 1 aliphatic heterocycles. The van der Waals surface area contributed by atoms with Gasteiger partial charge in [0.1, 0.15) is 5.75 Å². The van der Waals surface area contributed by atoms with E-state index in [-0.39, 0.29) is 16.4 Å². The monoisotopic (exact) mass is 492 g/mol. The third kappa shape index (κ3) is 7.28. The summed E-state index contributed by atoms with van der Waals surface area (Å²) in [6, 6.07) is 10.9. The van der Waals surface area contributed by atoms with Gasteiger partial charge in [0.05, 0.1) is 17.1 Å². The lowest BCUT2D eigenvalue weighted by Gasteiger charge is -2.15. The summed E-state index contributed by atoms with van der Waals surface area (Å²) >= 11 is 0.989. The van der Waals surface area contributed by atoms with Crippen LogP contribution < -0.4 is 10.1 Å². The minimum atomic E-state index is -4.55. The number of para-hydroxylation sites is 1. The number of rotatable bonds is 10. The predicted molar refractivity (Wildman–Crippen MR) is 126 cm³/mol. The maximum atomic E-state index is 13.8. The molecule has 1 heterocycles. The molecule has 5 nitrogen and oxygen atoms in total. The van der Waals surface area contributed by atoms with Crippen molar-refractivity contribution in [2.24, 2.45) is 0 Å². The molecule has 2 aromatic carbocycles. The van der Waals surface area contributed by atoms with Crippen LogP contribution in [0.4, 0.5) is 13.2 Å². The van der Waals surface area contributed by atoms with Crippen LogP contribution in [0.1, 0.15) is 37.3 Å². The first kappa shape index (κ1) is 25.7. The molecule has 2 amide bonds. The van der Waals surface area contributed by atoms with Crippen LogP contribution in [0.25, 0.3) is 6.08 Å². The Hall–Kier alpha value is -2.94. The summed E-state index contributed by atoms with van der Waals surface area (Å²) in [6.07, 6.45) is 0.0844. The Labute approximate surface area is 201 Å². The van der Waals surface area contributed by atoms with Gasteiger partial charge in [-0.15, -0.1) is 0 Å². The average Bonchev–Trinajstić information content (AvgIpc) is 3.21. The van der Waals surface area contributed by atoms with Crippen molar-refractivity contribution >= 4 is 29.7 Å². The number of nitrogens with zero attached hydrogens (tertiary/aromatic N) is 1. The van der Waals surface area contributed by atoms with Crippen LogP contribution in [0.5, 0.6) is 5.75 Å². The Morgan fingerprint density at radius 3 is 2.71 bits per heavy atom. The van der Waals surface area contributed by atoms with Crippen LogP contribution in [0.2, 0.25) is 0 Å². The minimum absolute atomic E-state index is 0.0534. The normalized spacial score (nSPS) is 14.1. The molecule has 1 N–H and O–H groups in total. The van der Waals surface area contributed by atoms with Crippen molar-refractivity contribution in [1.29, 1.82) is 0 Å². The van der Waals surface area contributed by atoms with Crippen molar-refractivity contribution < 1.29 is 27.5 Å². The predicted octanol–water partition coefficient (Wildman–Crippen LogP) is 5.40. The van der Waals surface area contributed by atoms with E-state index < -0.39 is 17.6 Å². The molecule has 2 aromatic rings. The van der Waals surface area contributed by atoms with Crippen molar-refractivity contribution in [3.8, 4) is 5.75 Å². The standard InChI is InChI=1S/C25H27F3N2O3S/c1-2-33-20-7-3-4-8-22(20)34-21-12-10-18(17-19(21)25(26,27)28)11-13-23(31)29-14-6-16-30-15-5-9-24(30)32/h3-4,7-8,10-13,17H,2,5-6,9,14-16H2,1H3,(H,29,31). The molecule has 0 aliphatic carbocycles. The minimum Gasteiger partial charge on any atom is -0.493 e. The first-order valence-electron chi connectivity index (χ1n) is 11.1. The number of benzene rings is 2. The van der Waals surface area contributed by atoms with Gasteiger partial charge in [-0.2, -0.15) is 13.2 Å². The van der Waals surface area contributed by atoms with Gasteiger partial charge in [-0.25, -0.2) is 0 Å². The number of hydrogen-bond acceptors (Lipinski definition) is 4. The molecule has 34 heavy (non-hydrogen) atoms. The number of carbonyl (C=O) groups is 2. The molecule has 0 aromatic heterocycles. The summed E-state index contributed by atoms with van der Waals surface area (Å²) in [4.78, 5) is 26.0. The highest BCUT2D eigenvalue weighted by Crippen LogP contribution is 2.42. The van der Waals surface area contributed by atoms with Crippen LogP contribution in [-0.4, -0.2) is 43.0 Å². The SMILES string of the molecule is CCOc1ccccc1Sc1ccc(C=CC(=O)NCCCN2CCCC2=O)cc1C(F)(F)F. The molecule has 0 bridgehead atoms. The van der Waals surface area contributed by atoms with E-state index in [9.17, 15) is 22.8 Å². The van der Waals surface area contributed by atoms with Crippen LogP contribution in [0.3, 0.4) is 0 Å². The fourth-order valence-corrected chi connectivity index (χ4v) is 4.57. The lowest BCUT2D eigenvalue weighted by molar-refractivity contribution is -0.139. The van der Waals surface area contributed by atoms with E-state index >= 15 is 0 Å². The number of ether oxygens (including phenoxy) is 1. The zero-order valence-corrected chi connectivity index (χ0v) is 19.7. The summed E-state index contributed by atoms with van der Waals surface area (Å²) < 4.78 is 46.8. The highest BCUT2D eigenvalue weighted by atomic mass is 32.2. The topological polar surface area (TPSA) is 58.6 Å². The van der Waals surface area contributed by atoms with Crippen LogP contribution in [0.15, 0.2) is 58.3 Å². The van der Waals surface area contributed by atoms with Gasteiger partial charge in [-0.3, -0.25) is 9.59 Å². The lowest BCUT2D eigenvalue weighted by atomic mass is 10.1. The summed E-state index contributed by atoms with van der Waals surface area (Å²) in [6.45, 7) is 3.94. The fraction of sp³-hybridized carbons (Fsp3) is 0.360. The number of amides is 2. The average molecular weight is 493 g/mol. The molecular weight excluding hydrogens is 465 g/mol. The van der Waals surface area contributed by atoms with Gasteiger partial charge < -0.3 is 15.0 Å². The Bertz CT molecular complexity index is 1040. The van der Waals surface area contributed by atoms with E-state index in [1.165, 1.54) is 18.2 Å². The van der Waals surface area contributed by atoms with E-state index in [0.717, 1.165) is 30.8 Å². The van der Waals surface area contributed by atoms with Gasteiger partial charge in [0, 0.05) is 37.0 Å². The van der Waals surface area contributed by atoms with E-state index in [0.29, 0.717) is 43.2 Å². The molecule has 3 rings (SSSR count). The number of likely N-dealkylation sites (tertiary alicyclic amines) is 1. The summed E-state index contributed by atoms with van der Waals surface area (Å²) in [5, 5.41) is 2.69. The molecule has 182 valence electrons. The summed E-state index contributed by atoms with van der Waals surface area (Å²) in [5.41, 5.74) is -0.505. The maximum absolute atomic E-state index is 13.8. The Morgan fingerprint density at radius 1 is 1.21 bits per heavy atom. The molecule has 1 fully saturated rings. The van der Waals surface area contributed by atoms with Crippen LogP contribution in [0, 0.1) is 0 Å². The van der Waals surface area contributed by atoms with Gasteiger partial charge in [-0.1, -0.05) is 30.0 Å². The number of nitrogens with one attached hydrogen (secondary N) is 1. The highest BCUT2D eigenvalue weighted by Gasteiger charge is 2.34. The molecule has 1 saturated heterocycles. The number of alkyl halides is 3. The molecular formula is C25H27F3N2O3S. The fourth-order valence-electron chi connectivity index (χ4n) is 3.54. The van der Waals surface area contributed by atoms with Gasteiger partial charge in [-0.05, 0) is 55.7 Å².